The molecule has 0 amide bonds. The van der Waals surface area contributed by atoms with Crippen LogP contribution in [0.3, 0.4) is 0 Å². The van der Waals surface area contributed by atoms with Gasteiger partial charge >= 0.3 is 0 Å². The van der Waals surface area contributed by atoms with E-state index in [1.807, 2.05) is 0 Å². The van der Waals surface area contributed by atoms with Gasteiger partial charge in [0.05, 0.1) is 6.20 Å². The van der Waals surface area contributed by atoms with Gasteiger partial charge in [-0.1, -0.05) is 12.1 Å². The minimum Gasteiger partial charge on any atom is -0.506 e. The highest BCUT2D eigenvalue weighted by molar-refractivity contribution is 5.65. The van der Waals surface area contributed by atoms with Gasteiger partial charge in [0.2, 0.25) is 0 Å². The van der Waals surface area contributed by atoms with Gasteiger partial charge in [0.25, 0.3) is 0 Å². The molecule has 0 fully saturated rings. The Morgan fingerprint density at radius 1 is 1.12 bits per heavy atom. The van der Waals surface area contributed by atoms with E-state index < -0.39 is 11.6 Å². The average molecular weight is 221 g/mol. The topological polar surface area (TPSA) is 33.1 Å². The van der Waals surface area contributed by atoms with Gasteiger partial charge in [-0.3, -0.25) is 4.98 Å². The zero-order chi connectivity index (χ0) is 11.7. The molecular weight excluding hydrogens is 212 g/mol. The van der Waals surface area contributed by atoms with Crippen LogP contribution in [-0.4, -0.2) is 10.1 Å². The van der Waals surface area contributed by atoms with Crippen LogP contribution in [0, 0.1) is 18.6 Å². The normalized spacial score (nSPS) is 10.4. The molecule has 1 aromatic heterocycles. The van der Waals surface area contributed by atoms with Crippen molar-refractivity contribution in [3.63, 3.8) is 0 Å². The lowest BCUT2D eigenvalue weighted by atomic mass is 10.0. The molecule has 0 atom stereocenters. The van der Waals surface area contributed by atoms with E-state index in [-0.39, 0.29) is 16.9 Å². The Kier molecular flexibility index (Phi) is 2.56. The SMILES string of the molecule is Cc1ccc(-c2cncc(O)c2)c(F)c1F. The van der Waals surface area contributed by atoms with E-state index in [2.05, 4.69) is 4.98 Å². The quantitative estimate of drug-likeness (QED) is 0.802. The van der Waals surface area contributed by atoms with Crippen LogP contribution in [0.4, 0.5) is 8.78 Å². The van der Waals surface area contributed by atoms with Gasteiger partial charge in [0, 0.05) is 17.3 Å². The lowest BCUT2D eigenvalue weighted by Crippen LogP contribution is -1.93. The molecule has 0 aliphatic carbocycles. The first-order valence-corrected chi connectivity index (χ1v) is 4.68. The van der Waals surface area contributed by atoms with Crippen molar-refractivity contribution in [1.82, 2.24) is 4.98 Å². The molecule has 0 spiro atoms. The molecule has 0 radical (unpaired) electrons. The molecule has 0 aliphatic rings. The number of aromatic nitrogens is 1. The molecule has 2 rings (SSSR count). The monoisotopic (exact) mass is 221 g/mol. The molecule has 0 aliphatic heterocycles. The number of benzene rings is 1. The molecular formula is C12H9F2NO. The third kappa shape index (κ3) is 1.74. The van der Waals surface area contributed by atoms with Gasteiger partial charge in [0.15, 0.2) is 11.6 Å². The fourth-order valence-electron chi connectivity index (χ4n) is 1.44. The predicted molar refractivity (Wildman–Crippen MR) is 56.0 cm³/mol. The van der Waals surface area contributed by atoms with Gasteiger partial charge in [-0.05, 0) is 18.6 Å². The van der Waals surface area contributed by atoms with Gasteiger partial charge in [-0.15, -0.1) is 0 Å². The summed E-state index contributed by atoms with van der Waals surface area (Å²) in [6, 6.07) is 4.28. The highest BCUT2D eigenvalue weighted by Crippen LogP contribution is 2.27. The molecule has 2 nitrogen and oxygen atoms in total. The Balaban J connectivity index is 2.61. The van der Waals surface area contributed by atoms with Crippen LogP contribution < -0.4 is 0 Å². The van der Waals surface area contributed by atoms with E-state index in [0.717, 1.165) is 0 Å². The first-order chi connectivity index (χ1) is 7.59. The Morgan fingerprint density at radius 2 is 1.88 bits per heavy atom. The Hall–Kier alpha value is -1.97. The van der Waals surface area contributed by atoms with Crippen molar-refractivity contribution in [3.05, 3.63) is 47.8 Å². The molecule has 0 bridgehead atoms. The summed E-state index contributed by atoms with van der Waals surface area (Å²) in [6.45, 7) is 1.49. The van der Waals surface area contributed by atoms with Crippen molar-refractivity contribution in [2.75, 3.05) is 0 Å². The van der Waals surface area contributed by atoms with Crippen LogP contribution in [0.2, 0.25) is 0 Å². The van der Waals surface area contributed by atoms with Crippen molar-refractivity contribution in [1.29, 1.82) is 0 Å². The van der Waals surface area contributed by atoms with E-state index in [9.17, 15) is 13.9 Å². The molecule has 1 N–H and O–H groups in total. The lowest BCUT2D eigenvalue weighted by Gasteiger charge is -2.06. The maximum absolute atomic E-state index is 13.6. The molecule has 2 aromatic rings. The Bertz CT molecular complexity index is 541. The summed E-state index contributed by atoms with van der Waals surface area (Å²) in [4.78, 5) is 3.71. The molecule has 16 heavy (non-hydrogen) atoms. The number of aryl methyl sites for hydroxylation is 1. The fourth-order valence-corrected chi connectivity index (χ4v) is 1.44. The van der Waals surface area contributed by atoms with Crippen molar-refractivity contribution < 1.29 is 13.9 Å². The smallest absolute Gasteiger partial charge is 0.166 e. The lowest BCUT2D eigenvalue weighted by molar-refractivity contribution is 0.472. The van der Waals surface area contributed by atoms with Gasteiger partial charge in [0.1, 0.15) is 5.75 Å². The second-order valence-electron chi connectivity index (χ2n) is 3.49. The number of rotatable bonds is 1. The van der Waals surface area contributed by atoms with Crippen LogP contribution in [0.1, 0.15) is 5.56 Å². The largest absolute Gasteiger partial charge is 0.506 e. The van der Waals surface area contributed by atoms with E-state index in [1.54, 1.807) is 0 Å². The Morgan fingerprint density at radius 3 is 2.56 bits per heavy atom. The molecule has 1 heterocycles. The van der Waals surface area contributed by atoms with Crippen molar-refractivity contribution in [2.45, 2.75) is 6.92 Å². The second-order valence-corrected chi connectivity index (χ2v) is 3.49. The first-order valence-electron chi connectivity index (χ1n) is 4.68. The highest BCUT2D eigenvalue weighted by atomic mass is 19.2. The zero-order valence-electron chi connectivity index (χ0n) is 8.54. The standard InChI is InChI=1S/C12H9F2NO/c1-7-2-3-10(12(14)11(7)13)8-4-9(16)6-15-5-8/h2-6,16H,1H3. The summed E-state index contributed by atoms with van der Waals surface area (Å²) in [5, 5.41) is 9.21. The molecule has 0 unspecified atom stereocenters. The van der Waals surface area contributed by atoms with Crippen molar-refractivity contribution in [2.24, 2.45) is 0 Å². The van der Waals surface area contributed by atoms with Crippen LogP contribution in [0.5, 0.6) is 5.75 Å². The number of nitrogens with zero attached hydrogens (tertiary/aromatic N) is 1. The summed E-state index contributed by atoms with van der Waals surface area (Å²) in [6.07, 6.45) is 2.60. The number of hydrogen-bond acceptors (Lipinski definition) is 2. The minimum absolute atomic E-state index is 0.0853. The number of hydrogen-bond donors (Lipinski definition) is 1. The van der Waals surface area contributed by atoms with E-state index in [4.69, 9.17) is 0 Å². The second kappa shape index (κ2) is 3.89. The fraction of sp³-hybridized carbons (Fsp3) is 0.0833. The summed E-state index contributed by atoms with van der Waals surface area (Å²) >= 11 is 0. The van der Waals surface area contributed by atoms with E-state index >= 15 is 0 Å². The van der Waals surface area contributed by atoms with Gasteiger partial charge in [-0.25, -0.2) is 8.78 Å². The zero-order valence-corrected chi connectivity index (χ0v) is 8.54. The molecule has 0 saturated carbocycles. The third-order valence-corrected chi connectivity index (χ3v) is 2.31. The minimum atomic E-state index is -0.924. The first kappa shape index (κ1) is 10.5. The van der Waals surface area contributed by atoms with Crippen LogP contribution in [0.25, 0.3) is 11.1 Å². The summed E-state index contributed by atoms with van der Waals surface area (Å²) in [7, 11) is 0. The summed E-state index contributed by atoms with van der Waals surface area (Å²) in [5.41, 5.74) is 0.678. The maximum Gasteiger partial charge on any atom is 0.166 e. The van der Waals surface area contributed by atoms with Crippen LogP contribution in [-0.2, 0) is 0 Å². The Labute approximate surface area is 91.2 Å². The van der Waals surface area contributed by atoms with Crippen molar-refractivity contribution in [3.8, 4) is 16.9 Å². The predicted octanol–water partition coefficient (Wildman–Crippen LogP) is 3.04. The van der Waals surface area contributed by atoms with E-state index in [0.29, 0.717) is 5.56 Å². The molecule has 1 aromatic carbocycles. The summed E-state index contributed by atoms with van der Waals surface area (Å²) in [5.74, 6) is -1.88. The van der Waals surface area contributed by atoms with E-state index in [1.165, 1.54) is 37.5 Å². The maximum atomic E-state index is 13.6. The van der Waals surface area contributed by atoms with Crippen LogP contribution in [0.15, 0.2) is 30.6 Å². The average Bonchev–Trinajstić information content (AvgIpc) is 2.26. The van der Waals surface area contributed by atoms with Crippen molar-refractivity contribution >= 4 is 0 Å². The highest BCUT2D eigenvalue weighted by Gasteiger charge is 2.12. The van der Waals surface area contributed by atoms with Gasteiger partial charge < -0.3 is 5.11 Å². The molecule has 0 saturated heterocycles. The number of halogens is 2. The van der Waals surface area contributed by atoms with Gasteiger partial charge in [-0.2, -0.15) is 0 Å². The number of aromatic hydroxyl groups is 1. The molecule has 82 valence electrons. The third-order valence-electron chi connectivity index (χ3n) is 2.31. The summed E-state index contributed by atoms with van der Waals surface area (Å²) < 4.78 is 26.9. The van der Waals surface area contributed by atoms with Crippen LogP contribution >= 0.6 is 0 Å². The molecule has 4 heteroatoms. The number of pyridine rings is 1.